The highest BCUT2D eigenvalue weighted by molar-refractivity contribution is 5.72. The van der Waals surface area contributed by atoms with Crippen LogP contribution in [-0.2, 0) is 9.53 Å². The van der Waals surface area contributed by atoms with Crippen LogP contribution in [0.5, 0.6) is 0 Å². The summed E-state index contributed by atoms with van der Waals surface area (Å²) in [6, 6.07) is 4.69. The van der Waals surface area contributed by atoms with Gasteiger partial charge in [-0.1, -0.05) is 13.0 Å². The van der Waals surface area contributed by atoms with Crippen molar-refractivity contribution in [2.45, 2.75) is 20.3 Å². The Balaban J connectivity index is 2.42. The standard InChI is InChI=1S/C12H15FN2O2/c1-3-12(16)17-8-7-14-15-11-6-4-5-10(13)9(11)2/h4-7,15H,3,8H2,1-2H3/b14-7-. The average Bonchev–Trinajstić information content (AvgIpc) is 2.33. The molecule has 0 radical (unpaired) electrons. The molecule has 0 aliphatic heterocycles. The first-order valence-corrected chi connectivity index (χ1v) is 5.33. The third-order valence-electron chi connectivity index (χ3n) is 2.15. The quantitative estimate of drug-likeness (QED) is 0.487. The van der Waals surface area contributed by atoms with E-state index in [0.717, 1.165) is 0 Å². The number of hydrazone groups is 1. The van der Waals surface area contributed by atoms with Gasteiger partial charge in [-0.2, -0.15) is 5.10 Å². The van der Waals surface area contributed by atoms with Crippen molar-refractivity contribution < 1.29 is 13.9 Å². The Hall–Kier alpha value is -1.91. The number of anilines is 1. The average molecular weight is 238 g/mol. The van der Waals surface area contributed by atoms with E-state index >= 15 is 0 Å². The first-order chi connectivity index (χ1) is 8.15. The third kappa shape index (κ3) is 4.22. The van der Waals surface area contributed by atoms with Crippen LogP contribution in [0.25, 0.3) is 0 Å². The maximum atomic E-state index is 13.1. The molecule has 0 unspecified atom stereocenters. The van der Waals surface area contributed by atoms with E-state index in [4.69, 9.17) is 4.74 Å². The summed E-state index contributed by atoms with van der Waals surface area (Å²) in [5, 5.41) is 3.83. The molecular weight excluding hydrogens is 223 g/mol. The lowest BCUT2D eigenvalue weighted by atomic mass is 10.2. The summed E-state index contributed by atoms with van der Waals surface area (Å²) in [4.78, 5) is 10.8. The zero-order valence-electron chi connectivity index (χ0n) is 9.87. The van der Waals surface area contributed by atoms with E-state index in [0.29, 0.717) is 17.7 Å². The summed E-state index contributed by atoms with van der Waals surface area (Å²) >= 11 is 0. The molecule has 0 bridgehead atoms. The molecule has 0 atom stereocenters. The van der Waals surface area contributed by atoms with Gasteiger partial charge in [0, 0.05) is 12.0 Å². The van der Waals surface area contributed by atoms with E-state index in [1.165, 1.54) is 12.3 Å². The zero-order chi connectivity index (χ0) is 12.7. The van der Waals surface area contributed by atoms with Crippen molar-refractivity contribution in [3.8, 4) is 0 Å². The molecule has 4 nitrogen and oxygen atoms in total. The van der Waals surface area contributed by atoms with Gasteiger partial charge in [-0.05, 0) is 19.1 Å². The Morgan fingerprint density at radius 3 is 3.06 bits per heavy atom. The topological polar surface area (TPSA) is 50.7 Å². The van der Waals surface area contributed by atoms with Crippen LogP contribution >= 0.6 is 0 Å². The fourth-order valence-corrected chi connectivity index (χ4v) is 1.11. The van der Waals surface area contributed by atoms with Crippen LogP contribution in [0.2, 0.25) is 0 Å². The minimum atomic E-state index is -0.289. The van der Waals surface area contributed by atoms with E-state index in [1.54, 1.807) is 26.0 Å². The zero-order valence-corrected chi connectivity index (χ0v) is 9.87. The summed E-state index contributed by atoms with van der Waals surface area (Å²) in [7, 11) is 0. The van der Waals surface area contributed by atoms with E-state index in [-0.39, 0.29) is 18.4 Å². The lowest BCUT2D eigenvalue weighted by Gasteiger charge is -2.04. The molecule has 92 valence electrons. The molecule has 0 saturated carbocycles. The predicted molar refractivity (Wildman–Crippen MR) is 64.5 cm³/mol. The van der Waals surface area contributed by atoms with Gasteiger partial charge in [0.15, 0.2) is 0 Å². The molecule has 5 heteroatoms. The summed E-state index contributed by atoms with van der Waals surface area (Å²) in [6.45, 7) is 3.48. The van der Waals surface area contributed by atoms with Crippen molar-refractivity contribution in [2.24, 2.45) is 5.10 Å². The molecule has 0 heterocycles. The van der Waals surface area contributed by atoms with Crippen LogP contribution in [0.4, 0.5) is 10.1 Å². The van der Waals surface area contributed by atoms with E-state index in [1.807, 2.05) is 0 Å². The molecule has 0 aromatic heterocycles. The number of esters is 1. The van der Waals surface area contributed by atoms with Crippen LogP contribution in [0, 0.1) is 12.7 Å². The van der Waals surface area contributed by atoms with Crippen LogP contribution in [-0.4, -0.2) is 18.8 Å². The molecule has 1 aromatic carbocycles. The van der Waals surface area contributed by atoms with Gasteiger partial charge >= 0.3 is 5.97 Å². The molecule has 0 aliphatic carbocycles. The Kier molecular flexibility index (Phi) is 5.13. The van der Waals surface area contributed by atoms with Crippen molar-refractivity contribution in [3.05, 3.63) is 29.6 Å². The predicted octanol–water partition coefficient (Wildman–Crippen LogP) is 2.49. The van der Waals surface area contributed by atoms with Crippen molar-refractivity contribution in [2.75, 3.05) is 12.0 Å². The molecule has 0 spiro atoms. The first kappa shape index (κ1) is 13.2. The van der Waals surface area contributed by atoms with Crippen molar-refractivity contribution in [1.82, 2.24) is 0 Å². The van der Waals surface area contributed by atoms with E-state index in [9.17, 15) is 9.18 Å². The lowest BCUT2D eigenvalue weighted by Crippen LogP contribution is -2.05. The van der Waals surface area contributed by atoms with Crippen molar-refractivity contribution in [1.29, 1.82) is 0 Å². The minimum absolute atomic E-state index is 0.105. The number of nitrogens with zero attached hydrogens (tertiary/aromatic N) is 1. The second-order valence-corrected chi connectivity index (χ2v) is 3.37. The first-order valence-electron chi connectivity index (χ1n) is 5.33. The molecule has 0 fully saturated rings. The van der Waals surface area contributed by atoms with Gasteiger partial charge in [0.2, 0.25) is 0 Å². The van der Waals surface area contributed by atoms with Gasteiger partial charge < -0.3 is 4.74 Å². The molecule has 0 saturated heterocycles. The number of halogens is 1. The van der Waals surface area contributed by atoms with Gasteiger partial charge in [0.1, 0.15) is 12.4 Å². The van der Waals surface area contributed by atoms with Gasteiger partial charge in [0.05, 0.1) is 11.9 Å². The lowest BCUT2D eigenvalue weighted by molar-refractivity contribution is -0.141. The normalized spacial score (nSPS) is 10.5. The number of benzene rings is 1. The molecule has 0 amide bonds. The molecule has 1 rings (SSSR count). The molecule has 1 aromatic rings. The SMILES string of the molecule is CCC(=O)OC/C=N\Nc1cccc(F)c1C. The molecule has 17 heavy (non-hydrogen) atoms. The van der Waals surface area contributed by atoms with E-state index < -0.39 is 0 Å². The van der Waals surface area contributed by atoms with Crippen molar-refractivity contribution >= 4 is 17.9 Å². The monoisotopic (exact) mass is 238 g/mol. The highest BCUT2D eigenvalue weighted by Crippen LogP contribution is 2.16. The fourth-order valence-electron chi connectivity index (χ4n) is 1.11. The number of hydrogen-bond acceptors (Lipinski definition) is 4. The highest BCUT2D eigenvalue weighted by Gasteiger charge is 2.01. The largest absolute Gasteiger partial charge is 0.460 e. The molecule has 1 N–H and O–H groups in total. The highest BCUT2D eigenvalue weighted by atomic mass is 19.1. The summed E-state index contributed by atoms with van der Waals surface area (Å²) in [5.41, 5.74) is 3.77. The summed E-state index contributed by atoms with van der Waals surface area (Å²) in [5.74, 6) is -0.569. The van der Waals surface area contributed by atoms with Crippen molar-refractivity contribution in [3.63, 3.8) is 0 Å². The van der Waals surface area contributed by atoms with Gasteiger partial charge in [0.25, 0.3) is 0 Å². The van der Waals surface area contributed by atoms with Gasteiger partial charge in [-0.15, -0.1) is 0 Å². The smallest absolute Gasteiger partial charge is 0.305 e. The van der Waals surface area contributed by atoms with Gasteiger partial charge in [-0.25, -0.2) is 4.39 Å². The number of rotatable bonds is 5. The Bertz CT molecular complexity index is 419. The number of hydrogen-bond donors (Lipinski definition) is 1. The minimum Gasteiger partial charge on any atom is -0.460 e. The molecular formula is C12H15FN2O2. The van der Waals surface area contributed by atoms with Crippen LogP contribution in [0.1, 0.15) is 18.9 Å². The number of ether oxygens (including phenoxy) is 1. The number of carbonyl (C=O) groups is 1. The second kappa shape index (κ2) is 6.62. The second-order valence-electron chi connectivity index (χ2n) is 3.37. The van der Waals surface area contributed by atoms with Crippen LogP contribution < -0.4 is 5.43 Å². The Morgan fingerprint density at radius 2 is 2.35 bits per heavy atom. The Morgan fingerprint density at radius 1 is 1.59 bits per heavy atom. The summed E-state index contributed by atoms with van der Waals surface area (Å²) < 4.78 is 17.9. The van der Waals surface area contributed by atoms with Gasteiger partial charge in [-0.3, -0.25) is 10.2 Å². The fraction of sp³-hybridized carbons (Fsp3) is 0.333. The third-order valence-corrected chi connectivity index (χ3v) is 2.15. The van der Waals surface area contributed by atoms with Crippen LogP contribution in [0.3, 0.4) is 0 Å². The maximum absolute atomic E-state index is 13.1. The number of nitrogens with one attached hydrogen (secondary N) is 1. The maximum Gasteiger partial charge on any atom is 0.305 e. The summed E-state index contributed by atoms with van der Waals surface area (Å²) in [6.07, 6.45) is 1.75. The Labute approximate surface area is 99.5 Å². The van der Waals surface area contributed by atoms with E-state index in [2.05, 4.69) is 10.5 Å². The number of carbonyl (C=O) groups excluding carboxylic acids is 1. The van der Waals surface area contributed by atoms with Crippen LogP contribution in [0.15, 0.2) is 23.3 Å². The molecule has 0 aliphatic rings.